The highest BCUT2D eigenvalue weighted by molar-refractivity contribution is 5.84. The number of hydrogen-bond acceptors (Lipinski definition) is 8. The van der Waals surface area contributed by atoms with E-state index >= 15 is 0 Å². The number of unbranched alkanes of at least 4 members (excludes halogenated alkanes) is 9. The van der Waals surface area contributed by atoms with Crippen LogP contribution in [0.2, 0.25) is 0 Å². The lowest BCUT2D eigenvalue weighted by Gasteiger charge is -2.32. The molecule has 3 fully saturated rings. The summed E-state index contributed by atoms with van der Waals surface area (Å²) < 4.78 is 31.2. The Kier molecular flexibility index (Phi) is 13.7. The molecule has 44 heavy (non-hydrogen) atoms. The Balaban J connectivity index is 1.33. The summed E-state index contributed by atoms with van der Waals surface area (Å²) in [6, 6.07) is 6.71. The van der Waals surface area contributed by atoms with E-state index in [1.165, 1.54) is 51.4 Å². The van der Waals surface area contributed by atoms with Crippen molar-refractivity contribution in [3.63, 3.8) is 0 Å². The van der Waals surface area contributed by atoms with Gasteiger partial charge in [-0.2, -0.15) is 0 Å². The minimum Gasteiger partial charge on any atom is -0.481 e. The third kappa shape index (κ3) is 11.0. The van der Waals surface area contributed by atoms with Crippen molar-refractivity contribution in [3.05, 3.63) is 29.8 Å². The van der Waals surface area contributed by atoms with E-state index in [4.69, 9.17) is 28.8 Å². The molecule has 10 heteroatoms. The second kappa shape index (κ2) is 17.5. The van der Waals surface area contributed by atoms with Crippen molar-refractivity contribution in [1.82, 2.24) is 4.90 Å². The topological polar surface area (TPSA) is 116 Å². The fraction of sp³-hybridized carbons (Fsp3) is 0.765. The first-order chi connectivity index (χ1) is 21.2. The van der Waals surface area contributed by atoms with Crippen LogP contribution >= 0.6 is 0 Å². The molecule has 0 bridgehead atoms. The molecule has 1 aromatic rings. The van der Waals surface area contributed by atoms with Gasteiger partial charge in [0.15, 0.2) is 12.1 Å². The zero-order valence-corrected chi connectivity index (χ0v) is 27.0. The number of hydrogen-bond donors (Lipinski definition) is 2. The van der Waals surface area contributed by atoms with E-state index in [-0.39, 0.29) is 6.42 Å². The SMILES string of the molecule is CCCCCCCCCCCCO[C@@H]1[C@H]2OC(C)(C)O[C@H]2O[C@@H]1[C@@H](CN1CCCC1)OC(=O)Nc1ccc(CC(=O)O)cc1. The summed E-state index contributed by atoms with van der Waals surface area (Å²) in [6.07, 6.45) is 11.5. The highest BCUT2D eigenvalue weighted by atomic mass is 16.8. The Labute approximate surface area is 263 Å². The molecule has 0 aliphatic carbocycles. The predicted octanol–water partition coefficient (Wildman–Crippen LogP) is 6.51. The molecule has 3 aliphatic rings. The Morgan fingerprint density at radius 2 is 1.61 bits per heavy atom. The number of nitrogens with one attached hydrogen (secondary N) is 1. The van der Waals surface area contributed by atoms with Gasteiger partial charge >= 0.3 is 12.1 Å². The van der Waals surface area contributed by atoms with Crippen LogP contribution in [0.1, 0.15) is 103 Å². The number of carbonyl (C=O) groups excluding carboxylic acids is 1. The predicted molar refractivity (Wildman–Crippen MR) is 168 cm³/mol. The molecule has 0 saturated carbocycles. The van der Waals surface area contributed by atoms with Crippen molar-refractivity contribution in [2.24, 2.45) is 0 Å². The minimum absolute atomic E-state index is 0.0779. The van der Waals surface area contributed by atoms with E-state index in [9.17, 15) is 9.59 Å². The molecule has 0 spiro atoms. The first kappa shape index (κ1) is 34.6. The van der Waals surface area contributed by atoms with Crippen molar-refractivity contribution in [3.8, 4) is 0 Å². The third-order valence-corrected chi connectivity index (χ3v) is 8.65. The smallest absolute Gasteiger partial charge is 0.412 e. The lowest BCUT2D eigenvalue weighted by atomic mass is 10.0. The Bertz CT molecular complexity index is 1010. The zero-order chi connectivity index (χ0) is 31.4. The molecule has 0 aromatic heterocycles. The molecule has 10 nitrogen and oxygen atoms in total. The molecule has 3 aliphatic heterocycles. The lowest BCUT2D eigenvalue weighted by Crippen LogP contribution is -2.49. The Hall–Kier alpha value is -2.24. The molecule has 3 heterocycles. The van der Waals surface area contributed by atoms with Gasteiger partial charge < -0.3 is 28.8 Å². The molecule has 248 valence electrons. The van der Waals surface area contributed by atoms with Crippen LogP contribution in [0.5, 0.6) is 0 Å². The summed E-state index contributed by atoms with van der Waals surface area (Å²) >= 11 is 0. The Morgan fingerprint density at radius 3 is 2.25 bits per heavy atom. The minimum atomic E-state index is -0.905. The van der Waals surface area contributed by atoms with Crippen molar-refractivity contribution >= 4 is 17.7 Å². The van der Waals surface area contributed by atoms with Crippen molar-refractivity contribution in [2.45, 2.75) is 141 Å². The van der Waals surface area contributed by atoms with Crippen LogP contribution in [0, 0.1) is 0 Å². The van der Waals surface area contributed by atoms with E-state index in [2.05, 4.69) is 17.1 Å². The maximum atomic E-state index is 13.1. The number of amides is 1. The molecule has 4 rings (SSSR count). The van der Waals surface area contributed by atoms with Gasteiger partial charge in [0.05, 0.1) is 6.42 Å². The van der Waals surface area contributed by atoms with Gasteiger partial charge in [0.1, 0.15) is 24.4 Å². The second-order valence-electron chi connectivity index (χ2n) is 12.9. The standard InChI is InChI=1S/C34H54N2O8/c1-4-5-6-7-8-9-10-11-12-15-22-40-30-29(42-32-31(30)43-34(2,3)44-32)27(24-36-20-13-14-21-36)41-33(39)35-26-18-16-25(17-19-26)23-28(37)38/h16-19,27,29-32H,4-15,20-24H2,1-3H3,(H,35,39)(H,37,38)/t27-,29-,30+,31-,32-/m1/s1. The van der Waals surface area contributed by atoms with Crippen LogP contribution in [0.25, 0.3) is 0 Å². The lowest BCUT2D eigenvalue weighted by molar-refractivity contribution is -0.229. The maximum absolute atomic E-state index is 13.1. The number of carboxylic acids is 1. The van der Waals surface area contributed by atoms with E-state index < -0.39 is 48.6 Å². The number of carboxylic acid groups (broad SMARTS) is 1. The monoisotopic (exact) mass is 618 g/mol. The van der Waals surface area contributed by atoms with E-state index in [0.29, 0.717) is 24.4 Å². The van der Waals surface area contributed by atoms with Gasteiger partial charge in [-0.3, -0.25) is 15.0 Å². The molecule has 3 saturated heterocycles. The van der Waals surface area contributed by atoms with Gasteiger partial charge in [0, 0.05) is 18.8 Å². The number of aliphatic carboxylic acids is 1. The number of rotatable bonds is 19. The van der Waals surface area contributed by atoms with E-state index in [1.54, 1.807) is 24.3 Å². The first-order valence-electron chi connectivity index (χ1n) is 16.9. The van der Waals surface area contributed by atoms with Crippen LogP contribution < -0.4 is 5.32 Å². The highest BCUT2D eigenvalue weighted by Crippen LogP contribution is 2.40. The zero-order valence-electron chi connectivity index (χ0n) is 27.0. The molecular weight excluding hydrogens is 564 g/mol. The number of likely N-dealkylation sites (tertiary alicyclic amines) is 1. The van der Waals surface area contributed by atoms with E-state index in [1.807, 2.05) is 13.8 Å². The molecular formula is C34H54N2O8. The van der Waals surface area contributed by atoms with Crippen LogP contribution in [-0.4, -0.2) is 84.8 Å². The summed E-state index contributed by atoms with van der Waals surface area (Å²) in [4.78, 5) is 26.4. The van der Waals surface area contributed by atoms with Gasteiger partial charge in [-0.1, -0.05) is 76.8 Å². The number of ether oxygens (including phenoxy) is 5. The third-order valence-electron chi connectivity index (χ3n) is 8.65. The largest absolute Gasteiger partial charge is 0.481 e. The number of anilines is 1. The van der Waals surface area contributed by atoms with E-state index in [0.717, 1.165) is 38.8 Å². The molecule has 2 N–H and O–H groups in total. The maximum Gasteiger partial charge on any atom is 0.412 e. The average molecular weight is 619 g/mol. The number of carbonyl (C=O) groups is 2. The molecule has 1 amide bonds. The second-order valence-corrected chi connectivity index (χ2v) is 12.9. The van der Waals surface area contributed by atoms with Gasteiger partial charge in [-0.15, -0.1) is 0 Å². The fourth-order valence-electron chi connectivity index (χ4n) is 6.40. The highest BCUT2D eigenvalue weighted by Gasteiger charge is 2.58. The average Bonchev–Trinajstić information content (AvgIpc) is 3.67. The summed E-state index contributed by atoms with van der Waals surface area (Å²) in [5, 5.41) is 11.8. The summed E-state index contributed by atoms with van der Waals surface area (Å²) in [5.74, 6) is -1.69. The first-order valence-corrected chi connectivity index (χ1v) is 16.9. The van der Waals surface area contributed by atoms with Crippen LogP contribution in [0.4, 0.5) is 10.5 Å². The van der Waals surface area contributed by atoms with Crippen LogP contribution in [0.15, 0.2) is 24.3 Å². The fourth-order valence-corrected chi connectivity index (χ4v) is 6.40. The quantitative estimate of drug-likeness (QED) is 0.167. The summed E-state index contributed by atoms with van der Waals surface area (Å²) in [5.41, 5.74) is 1.18. The summed E-state index contributed by atoms with van der Waals surface area (Å²) in [7, 11) is 0. The molecule has 0 radical (unpaired) electrons. The van der Waals surface area contributed by atoms with Crippen LogP contribution in [-0.2, 0) is 34.9 Å². The van der Waals surface area contributed by atoms with Gasteiger partial charge in [0.2, 0.25) is 0 Å². The van der Waals surface area contributed by atoms with Gasteiger partial charge in [0.25, 0.3) is 0 Å². The van der Waals surface area contributed by atoms with Gasteiger partial charge in [-0.05, 0) is 63.9 Å². The van der Waals surface area contributed by atoms with Crippen molar-refractivity contribution in [2.75, 3.05) is 31.6 Å². The van der Waals surface area contributed by atoms with Crippen molar-refractivity contribution < 1.29 is 38.4 Å². The number of nitrogens with zero attached hydrogens (tertiary/aromatic N) is 1. The van der Waals surface area contributed by atoms with Crippen LogP contribution in [0.3, 0.4) is 0 Å². The number of benzene rings is 1. The van der Waals surface area contributed by atoms with Gasteiger partial charge in [-0.25, -0.2) is 4.79 Å². The normalized spacial score (nSPS) is 25.2. The molecule has 5 atom stereocenters. The molecule has 1 aromatic carbocycles. The number of fused-ring (bicyclic) bond motifs is 1. The summed E-state index contributed by atoms with van der Waals surface area (Å²) in [6.45, 7) is 8.98. The molecule has 0 unspecified atom stereocenters. The van der Waals surface area contributed by atoms with Crippen molar-refractivity contribution in [1.29, 1.82) is 0 Å². The Morgan fingerprint density at radius 1 is 0.977 bits per heavy atom.